The zero-order valence-corrected chi connectivity index (χ0v) is 25.6. The molecule has 5 aromatic rings. The minimum Gasteiger partial charge on any atom is -0.508 e. The van der Waals surface area contributed by atoms with Crippen molar-refractivity contribution in [3.05, 3.63) is 126 Å². The zero-order valence-electron chi connectivity index (χ0n) is 25.6. The number of hydrogen-bond donors (Lipinski definition) is 8. The molecule has 0 heterocycles. The van der Waals surface area contributed by atoms with Crippen LogP contribution in [0.2, 0.25) is 0 Å². The van der Waals surface area contributed by atoms with Gasteiger partial charge in [0, 0.05) is 33.0 Å². The molecule has 0 spiro atoms. The van der Waals surface area contributed by atoms with Crippen molar-refractivity contribution in [3.63, 3.8) is 0 Å². The number of rotatable bonds is 5. The molecule has 48 heavy (non-hydrogen) atoms. The molecule has 0 fully saturated rings. The van der Waals surface area contributed by atoms with Crippen LogP contribution in [-0.4, -0.2) is 40.9 Å². The van der Waals surface area contributed by atoms with E-state index < -0.39 is 40.5 Å². The molecule has 8 N–H and O–H groups in total. The van der Waals surface area contributed by atoms with Crippen molar-refractivity contribution in [1.29, 1.82) is 0 Å². The van der Waals surface area contributed by atoms with Crippen LogP contribution in [0.15, 0.2) is 109 Å². The second-order valence-corrected chi connectivity index (χ2v) is 12.1. The zero-order chi connectivity index (χ0) is 33.9. The van der Waals surface area contributed by atoms with Gasteiger partial charge in [-0.1, -0.05) is 85.5 Å². The van der Waals surface area contributed by atoms with Gasteiger partial charge in [0.05, 0.1) is 0 Å². The van der Waals surface area contributed by atoms with Crippen LogP contribution in [0.25, 0.3) is 60.9 Å². The van der Waals surface area contributed by atoms with E-state index in [4.69, 9.17) is 0 Å². The Balaban J connectivity index is 1.67. The Bertz CT molecular complexity index is 2320. The molecular formula is C40H32O8. The lowest BCUT2D eigenvalue weighted by molar-refractivity contribution is 0.181. The molecule has 0 bridgehead atoms. The van der Waals surface area contributed by atoms with E-state index in [9.17, 15) is 40.9 Å². The van der Waals surface area contributed by atoms with Crippen molar-refractivity contribution < 1.29 is 40.9 Å². The molecule has 0 radical (unpaired) electrons. The number of benzene rings is 5. The third kappa shape index (κ3) is 4.69. The summed E-state index contributed by atoms with van der Waals surface area (Å²) in [4.78, 5) is 0. The lowest BCUT2D eigenvalue weighted by atomic mass is 9.75. The van der Waals surface area contributed by atoms with Gasteiger partial charge >= 0.3 is 5.95 Å². The number of hydrogen-bond acceptors (Lipinski definition) is 8. The average Bonchev–Trinajstić information content (AvgIpc) is 3.11. The highest BCUT2D eigenvalue weighted by atomic mass is 16.5. The SMILES string of the molecule is C=C(O)c1c(C(O)=C(O)O)c(C2=C3C=CCCC3CC=C2)c2c(O)c(O)c(O)c(O)c2c1-c1cccc(-c2ccc3ccccc3c2)c1. The first-order chi connectivity index (χ1) is 23.1. The average molecular weight is 641 g/mol. The third-order valence-electron chi connectivity index (χ3n) is 9.32. The predicted molar refractivity (Wildman–Crippen MR) is 188 cm³/mol. The summed E-state index contributed by atoms with van der Waals surface area (Å²) in [5.41, 5.74) is 2.64. The van der Waals surface area contributed by atoms with E-state index in [2.05, 4.69) is 6.58 Å². The highest BCUT2D eigenvalue weighted by Gasteiger charge is 2.35. The molecule has 0 saturated heterocycles. The summed E-state index contributed by atoms with van der Waals surface area (Å²) in [5.74, 6) is -6.73. The van der Waals surface area contributed by atoms with Gasteiger partial charge in [-0.05, 0) is 75.9 Å². The Kier molecular flexibility index (Phi) is 7.28. The van der Waals surface area contributed by atoms with Gasteiger partial charge in [-0.15, -0.1) is 0 Å². The fraction of sp³-hybridized carbons (Fsp3) is 0.100. The Morgan fingerprint density at radius 2 is 1.29 bits per heavy atom. The molecule has 0 saturated carbocycles. The van der Waals surface area contributed by atoms with Gasteiger partial charge in [0.15, 0.2) is 11.5 Å². The molecule has 8 nitrogen and oxygen atoms in total. The molecule has 0 aliphatic heterocycles. The van der Waals surface area contributed by atoms with Gasteiger partial charge in [-0.3, -0.25) is 0 Å². The van der Waals surface area contributed by atoms with E-state index in [0.29, 0.717) is 17.6 Å². The number of allylic oxidation sites excluding steroid dienone is 6. The molecule has 8 heteroatoms. The van der Waals surface area contributed by atoms with E-state index in [1.165, 1.54) is 0 Å². The molecule has 5 aromatic carbocycles. The summed E-state index contributed by atoms with van der Waals surface area (Å²) in [6, 6.07) is 20.9. The van der Waals surface area contributed by atoms with Crippen molar-refractivity contribution in [1.82, 2.24) is 0 Å². The highest BCUT2D eigenvalue weighted by Crippen LogP contribution is 2.57. The number of aliphatic hydroxyl groups is 4. The maximum Gasteiger partial charge on any atom is 0.318 e. The first-order valence-corrected chi connectivity index (χ1v) is 15.4. The quantitative estimate of drug-likeness (QED) is 0.0535. The van der Waals surface area contributed by atoms with Gasteiger partial charge in [0.1, 0.15) is 5.76 Å². The molecule has 2 aliphatic rings. The fourth-order valence-electron chi connectivity index (χ4n) is 7.13. The van der Waals surface area contributed by atoms with Gasteiger partial charge in [-0.2, -0.15) is 0 Å². The van der Waals surface area contributed by atoms with Crippen LogP contribution in [0.4, 0.5) is 0 Å². The first-order valence-electron chi connectivity index (χ1n) is 15.4. The van der Waals surface area contributed by atoms with Crippen LogP contribution in [0.5, 0.6) is 23.0 Å². The number of aromatic hydroxyl groups is 4. The standard InChI is InChI=1S/C40H32O8/c1-20(41)29-30(26-13-6-12-24(19-26)25-17-16-21-8-2-3-10-23(21)18-25)33-34(36(43)39(46)38(45)35(33)42)31(32(29)37(44)40(47)48)28-15-7-11-22-9-4-5-14-27(22)28/h2-3,5-8,10,12-19,22,41-48H,1,4,9,11H2. The van der Waals surface area contributed by atoms with E-state index in [1.807, 2.05) is 66.8 Å². The van der Waals surface area contributed by atoms with Crippen LogP contribution < -0.4 is 0 Å². The number of fused-ring (bicyclic) bond motifs is 3. The largest absolute Gasteiger partial charge is 0.508 e. The summed E-state index contributed by atoms with van der Waals surface area (Å²) in [5, 5.41) is 89.8. The van der Waals surface area contributed by atoms with Gasteiger partial charge < -0.3 is 40.9 Å². The van der Waals surface area contributed by atoms with Crippen molar-refractivity contribution in [2.75, 3.05) is 0 Å². The molecular weight excluding hydrogens is 608 g/mol. The summed E-state index contributed by atoms with van der Waals surface area (Å²) in [6.45, 7) is 3.75. The molecule has 2 aliphatic carbocycles. The minimum absolute atomic E-state index is 0.00378. The molecule has 0 aromatic heterocycles. The number of phenolic OH excluding ortho intramolecular Hbond substituents is 4. The third-order valence-corrected chi connectivity index (χ3v) is 9.32. The fourth-order valence-corrected chi connectivity index (χ4v) is 7.13. The molecule has 1 atom stereocenters. The first kappa shape index (κ1) is 30.4. The lowest BCUT2D eigenvalue weighted by Gasteiger charge is -2.30. The van der Waals surface area contributed by atoms with Crippen LogP contribution in [0, 0.1) is 5.92 Å². The second-order valence-electron chi connectivity index (χ2n) is 12.1. The second kappa shape index (κ2) is 11.5. The highest BCUT2D eigenvalue weighted by molar-refractivity contribution is 6.17. The van der Waals surface area contributed by atoms with Crippen molar-refractivity contribution >= 4 is 38.6 Å². The molecule has 1 unspecified atom stereocenters. The normalized spacial score (nSPS) is 15.5. The maximum atomic E-state index is 11.6. The van der Waals surface area contributed by atoms with Crippen molar-refractivity contribution in [2.45, 2.75) is 19.3 Å². The lowest BCUT2D eigenvalue weighted by Crippen LogP contribution is -2.13. The Morgan fingerprint density at radius 1 is 0.625 bits per heavy atom. The summed E-state index contributed by atoms with van der Waals surface area (Å²) in [6.07, 6.45) is 9.89. The Labute approximate surface area is 275 Å². The summed E-state index contributed by atoms with van der Waals surface area (Å²) in [7, 11) is 0. The van der Waals surface area contributed by atoms with Gasteiger partial charge in [0.25, 0.3) is 0 Å². The minimum atomic E-state index is -1.47. The smallest absolute Gasteiger partial charge is 0.318 e. The van der Waals surface area contributed by atoms with Crippen LogP contribution >= 0.6 is 0 Å². The van der Waals surface area contributed by atoms with E-state index in [0.717, 1.165) is 40.3 Å². The van der Waals surface area contributed by atoms with E-state index in [-0.39, 0.29) is 38.9 Å². The van der Waals surface area contributed by atoms with Crippen LogP contribution in [0.1, 0.15) is 36.0 Å². The van der Waals surface area contributed by atoms with E-state index in [1.54, 1.807) is 24.3 Å². The van der Waals surface area contributed by atoms with Crippen molar-refractivity contribution in [2.24, 2.45) is 5.92 Å². The Hall–Kier alpha value is -6.28. The molecule has 240 valence electrons. The molecule has 7 rings (SSSR count). The maximum absolute atomic E-state index is 11.6. The molecule has 0 amide bonds. The van der Waals surface area contributed by atoms with Crippen LogP contribution in [-0.2, 0) is 0 Å². The van der Waals surface area contributed by atoms with Gasteiger partial charge in [0.2, 0.25) is 17.3 Å². The summed E-state index contributed by atoms with van der Waals surface area (Å²) < 4.78 is 0. The van der Waals surface area contributed by atoms with Crippen molar-refractivity contribution in [3.8, 4) is 45.3 Å². The van der Waals surface area contributed by atoms with E-state index >= 15 is 0 Å². The number of phenols is 4. The predicted octanol–water partition coefficient (Wildman–Crippen LogP) is 9.66. The summed E-state index contributed by atoms with van der Waals surface area (Å²) >= 11 is 0. The number of aliphatic hydroxyl groups excluding tert-OH is 3. The monoisotopic (exact) mass is 640 g/mol. The Morgan fingerprint density at radius 3 is 2.00 bits per heavy atom. The topological polar surface area (TPSA) is 162 Å². The van der Waals surface area contributed by atoms with Crippen LogP contribution in [0.3, 0.4) is 0 Å². The van der Waals surface area contributed by atoms with Gasteiger partial charge in [-0.25, -0.2) is 0 Å².